The Bertz CT molecular complexity index is 509. The van der Waals surface area contributed by atoms with E-state index < -0.39 is 9.84 Å². The average Bonchev–Trinajstić information content (AvgIpc) is 2.39. The summed E-state index contributed by atoms with van der Waals surface area (Å²) in [4.78, 5) is 3.97. The molecule has 0 spiro atoms. The van der Waals surface area contributed by atoms with E-state index in [0.717, 1.165) is 18.4 Å². The Balaban J connectivity index is 1.99. The van der Waals surface area contributed by atoms with Crippen LogP contribution >= 0.6 is 0 Å². The Morgan fingerprint density at radius 1 is 1.42 bits per heavy atom. The normalized spacial score (nSPS) is 17.3. The van der Waals surface area contributed by atoms with Crippen molar-refractivity contribution in [1.29, 1.82) is 0 Å². The minimum atomic E-state index is -3.10. The molecule has 1 aliphatic rings. The van der Waals surface area contributed by atoms with Crippen molar-refractivity contribution in [2.75, 3.05) is 26.1 Å². The van der Waals surface area contributed by atoms with Crippen LogP contribution in [0.5, 0.6) is 5.88 Å². The fourth-order valence-electron chi connectivity index (χ4n) is 2.24. The van der Waals surface area contributed by atoms with E-state index in [1.807, 2.05) is 0 Å². The number of hydrogen-bond acceptors (Lipinski definition) is 5. The Kier molecular flexibility index (Phi) is 4.76. The van der Waals surface area contributed by atoms with Gasteiger partial charge in [0.2, 0.25) is 5.88 Å². The molecule has 5 nitrogen and oxygen atoms in total. The maximum atomic E-state index is 12.2. The van der Waals surface area contributed by atoms with Gasteiger partial charge >= 0.3 is 0 Å². The van der Waals surface area contributed by atoms with E-state index in [1.54, 1.807) is 18.3 Å². The summed E-state index contributed by atoms with van der Waals surface area (Å²) in [5.41, 5.74) is 0.721. The lowest BCUT2D eigenvalue weighted by Crippen LogP contribution is -2.24. The summed E-state index contributed by atoms with van der Waals surface area (Å²) in [5, 5.41) is 0. The smallest absolute Gasteiger partial charge is 0.213 e. The third kappa shape index (κ3) is 4.47. The van der Waals surface area contributed by atoms with Crippen LogP contribution in [0.4, 0.5) is 0 Å². The molecule has 0 bridgehead atoms. The number of pyridine rings is 1. The molecule has 0 unspecified atom stereocenters. The molecule has 6 heteroatoms. The molecular formula is C13H19NO4S. The van der Waals surface area contributed by atoms with Gasteiger partial charge in [0, 0.05) is 25.5 Å². The summed E-state index contributed by atoms with van der Waals surface area (Å²) >= 11 is 0. The van der Waals surface area contributed by atoms with Crippen molar-refractivity contribution in [3.63, 3.8) is 0 Å². The summed E-state index contributed by atoms with van der Waals surface area (Å²) in [6.07, 6.45) is 3.23. The van der Waals surface area contributed by atoms with Crippen molar-refractivity contribution >= 4 is 9.84 Å². The molecule has 1 aromatic heterocycles. The molecule has 0 aliphatic carbocycles. The number of hydrogen-bond donors (Lipinski definition) is 0. The standard InChI is InChI=1S/C13H19NO4S/c1-17-13-8-12(2-5-14-13)10-19(15,16)9-11-3-6-18-7-4-11/h2,5,8,11H,3-4,6-7,9-10H2,1H3. The van der Waals surface area contributed by atoms with Gasteiger partial charge in [0.1, 0.15) is 0 Å². The zero-order valence-electron chi connectivity index (χ0n) is 11.0. The van der Waals surface area contributed by atoms with Gasteiger partial charge in [0.25, 0.3) is 0 Å². The Morgan fingerprint density at radius 3 is 2.84 bits per heavy atom. The molecule has 0 N–H and O–H groups in total. The third-order valence-electron chi connectivity index (χ3n) is 3.23. The Morgan fingerprint density at radius 2 is 2.16 bits per heavy atom. The minimum absolute atomic E-state index is 0.0449. The van der Waals surface area contributed by atoms with Gasteiger partial charge in [0.15, 0.2) is 9.84 Å². The van der Waals surface area contributed by atoms with Gasteiger partial charge in [-0.05, 0) is 30.4 Å². The highest BCUT2D eigenvalue weighted by atomic mass is 32.2. The summed E-state index contributed by atoms with van der Waals surface area (Å²) in [6.45, 7) is 1.34. The van der Waals surface area contributed by atoms with E-state index >= 15 is 0 Å². The van der Waals surface area contributed by atoms with Gasteiger partial charge in [-0.15, -0.1) is 0 Å². The molecule has 0 atom stereocenters. The second-order valence-electron chi connectivity index (χ2n) is 4.82. The third-order valence-corrected chi connectivity index (χ3v) is 4.98. The minimum Gasteiger partial charge on any atom is -0.481 e. The molecule has 106 valence electrons. The van der Waals surface area contributed by atoms with Crippen molar-refractivity contribution in [3.05, 3.63) is 23.9 Å². The van der Waals surface area contributed by atoms with Crippen molar-refractivity contribution in [3.8, 4) is 5.88 Å². The van der Waals surface area contributed by atoms with Crippen LogP contribution in [0.1, 0.15) is 18.4 Å². The number of rotatable bonds is 5. The largest absolute Gasteiger partial charge is 0.481 e. The maximum absolute atomic E-state index is 12.2. The first kappa shape index (κ1) is 14.3. The van der Waals surface area contributed by atoms with Gasteiger partial charge < -0.3 is 9.47 Å². The van der Waals surface area contributed by atoms with Gasteiger partial charge in [-0.25, -0.2) is 13.4 Å². The van der Waals surface area contributed by atoms with Crippen LogP contribution in [0.3, 0.4) is 0 Å². The zero-order valence-corrected chi connectivity index (χ0v) is 11.9. The van der Waals surface area contributed by atoms with E-state index in [9.17, 15) is 8.42 Å². The summed E-state index contributed by atoms with van der Waals surface area (Å²) in [6, 6.07) is 3.38. The number of ether oxygens (including phenoxy) is 2. The number of methoxy groups -OCH3 is 1. The van der Waals surface area contributed by atoms with Crippen molar-refractivity contribution in [1.82, 2.24) is 4.98 Å². The fourth-order valence-corrected chi connectivity index (χ4v) is 4.09. The second-order valence-corrected chi connectivity index (χ2v) is 6.93. The van der Waals surface area contributed by atoms with Crippen LogP contribution in [-0.2, 0) is 20.3 Å². The molecule has 0 aromatic carbocycles. The molecule has 1 aliphatic heterocycles. The number of aromatic nitrogens is 1. The highest BCUT2D eigenvalue weighted by Crippen LogP contribution is 2.19. The first-order chi connectivity index (χ1) is 9.09. The highest BCUT2D eigenvalue weighted by molar-refractivity contribution is 7.90. The van der Waals surface area contributed by atoms with E-state index in [4.69, 9.17) is 9.47 Å². The first-order valence-electron chi connectivity index (χ1n) is 6.36. The lowest BCUT2D eigenvalue weighted by Gasteiger charge is -2.21. The predicted octanol–water partition coefficient (Wildman–Crippen LogP) is 1.43. The topological polar surface area (TPSA) is 65.5 Å². The van der Waals surface area contributed by atoms with Crippen LogP contribution in [0, 0.1) is 5.92 Å². The van der Waals surface area contributed by atoms with E-state index in [-0.39, 0.29) is 17.4 Å². The van der Waals surface area contributed by atoms with Gasteiger partial charge in [0.05, 0.1) is 18.6 Å². The molecular weight excluding hydrogens is 266 g/mol. The van der Waals surface area contributed by atoms with Crippen LogP contribution < -0.4 is 4.74 Å². The molecule has 1 saturated heterocycles. The molecule has 1 fully saturated rings. The molecule has 1 aromatic rings. The Hall–Kier alpha value is -1.14. The molecule has 0 saturated carbocycles. The van der Waals surface area contributed by atoms with Crippen molar-refractivity contribution < 1.29 is 17.9 Å². The van der Waals surface area contributed by atoms with Crippen LogP contribution in [-0.4, -0.2) is 39.5 Å². The maximum Gasteiger partial charge on any atom is 0.213 e. The molecule has 2 rings (SSSR count). The quantitative estimate of drug-likeness (QED) is 0.819. The van der Waals surface area contributed by atoms with E-state index in [0.29, 0.717) is 19.1 Å². The number of sulfone groups is 1. The molecule has 2 heterocycles. The zero-order chi connectivity index (χ0) is 13.7. The average molecular weight is 285 g/mol. The van der Waals surface area contributed by atoms with Gasteiger partial charge in [-0.3, -0.25) is 0 Å². The SMILES string of the molecule is COc1cc(CS(=O)(=O)CC2CCOCC2)ccn1. The van der Waals surface area contributed by atoms with E-state index in [1.165, 1.54) is 7.11 Å². The summed E-state index contributed by atoms with van der Waals surface area (Å²) in [5.74, 6) is 0.950. The highest BCUT2D eigenvalue weighted by Gasteiger charge is 2.22. The van der Waals surface area contributed by atoms with Gasteiger partial charge in [-0.2, -0.15) is 0 Å². The molecule has 0 radical (unpaired) electrons. The van der Waals surface area contributed by atoms with E-state index in [2.05, 4.69) is 4.98 Å². The fraction of sp³-hybridized carbons (Fsp3) is 0.615. The van der Waals surface area contributed by atoms with Crippen LogP contribution in [0.2, 0.25) is 0 Å². The number of nitrogens with zero attached hydrogens (tertiary/aromatic N) is 1. The monoisotopic (exact) mass is 285 g/mol. The van der Waals surface area contributed by atoms with Crippen molar-refractivity contribution in [2.24, 2.45) is 5.92 Å². The second kappa shape index (κ2) is 6.34. The molecule has 0 amide bonds. The first-order valence-corrected chi connectivity index (χ1v) is 8.18. The summed E-state index contributed by atoms with van der Waals surface area (Å²) in [7, 11) is -1.58. The predicted molar refractivity (Wildman–Crippen MR) is 71.8 cm³/mol. The van der Waals surface area contributed by atoms with Crippen LogP contribution in [0.15, 0.2) is 18.3 Å². The lowest BCUT2D eigenvalue weighted by atomic mass is 10.0. The van der Waals surface area contributed by atoms with Crippen molar-refractivity contribution in [2.45, 2.75) is 18.6 Å². The Labute approximate surface area is 113 Å². The summed E-state index contributed by atoms with van der Waals surface area (Å²) < 4.78 is 34.6. The van der Waals surface area contributed by atoms with Crippen LogP contribution in [0.25, 0.3) is 0 Å². The van der Waals surface area contributed by atoms with Gasteiger partial charge in [-0.1, -0.05) is 0 Å². The molecule has 19 heavy (non-hydrogen) atoms. The lowest BCUT2D eigenvalue weighted by molar-refractivity contribution is 0.0723.